The molecule has 0 amide bonds. The number of hydrogen-bond acceptors (Lipinski definition) is 4. The smallest absolute Gasteiger partial charge is 0.0524 e. The first-order chi connectivity index (χ1) is 6.76. The van der Waals surface area contributed by atoms with Gasteiger partial charge in [0.2, 0.25) is 0 Å². The van der Waals surface area contributed by atoms with Gasteiger partial charge in [-0.2, -0.15) is 0 Å². The zero-order valence-electron chi connectivity index (χ0n) is 8.94. The van der Waals surface area contributed by atoms with Gasteiger partial charge >= 0.3 is 0 Å². The zero-order chi connectivity index (χ0) is 10.4. The van der Waals surface area contributed by atoms with E-state index in [1.165, 1.54) is 12.8 Å². The van der Waals surface area contributed by atoms with Crippen LogP contribution in [-0.2, 0) is 0 Å². The van der Waals surface area contributed by atoms with E-state index in [0.29, 0.717) is 6.04 Å². The molecule has 4 heteroatoms. The summed E-state index contributed by atoms with van der Waals surface area (Å²) in [7, 11) is 2.16. The fourth-order valence-electron chi connectivity index (χ4n) is 1.49. The van der Waals surface area contributed by atoms with E-state index in [4.69, 9.17) is 5.73 Å². The summed E-state index contributed by atoms with van der Waals surface area (Å²) in [5.74, 6) is 0. The first-order valence-electron chi connectivity index (χ1n) is 4.94. The summed E-state index contributed by atoms with van der Waals surface area (Å²) in [4.78, 5) is 7.93. The maximum Gasteiger partial charge on any atom is 0.0524 e. The third-order valence-corrected chi connectivity index (χ3v) is 3.21. The summed E-state index contributed by atoms with van der Waals surface area (Å²) in [6.07, 6.45) is 7.86. The monoisotopic (exact) mass is 213 g/mol. The number of nitrogens with two attached hydrogens (primary N) is 1. The molecule has 80 valence electrons. The lowest BCUT2D eigenvalue weighted by atomic mass is 10.1. The van der Waals surface area contributed by atoms with Gasteiger partial charge in [-0.1, -0.05) is 0 Å². The molecule has 0 spiro atoms. The quantitative estimate of drug-likeness (QED) is 0.719. The molecule has 2 N–H and O–H groups in total. The molecule has 1 heterocycles. The Bertz CT molecular complexity index is 217. The normalized spacial score (nSPS) is 22.0. The Labute approximate surface area is 90.4 Å². The van der Waals surface area contributed by atoms with E-state index in [1.807, 2.05) is 12.5 Å². The lowest BCUT2D eigenvalue weighted by Gasteiger charge is -2.26. The van der Waals surface area contributed by atoms with E-state index < -0.39 is 0 Å². The highest BCUT2D eigenvalue weighted by molar-refractivity contribution is 8.03. The van der Waals surface area contributed by atoms with Gasteiger partial charge in [0.1, 0.15) is 0 Å². The highest BCUT2D eigenvalue weighted by Crippen LogP contribution is 2.13. The molecule has 1 rings (SSSR count). The largest absolute Gasteiger partial charge is 0.404 e. The van der Waals surface area contributed by atoms with Crippen LogP contribution in [0, 0.1) is 0 Å². The van der Waals surface area contributed by atoms with Gasteiger partial charge in [0.05, 0.1) is 6.04 Å². The molecular formula is C10H19N3S. The summed E-state index contributed by atoms with van der Waals surface area (Å²) in [5.41, 5.74) is 5.44. The van der Waals surface area contributed by atoms with Gasteiger partial charge in [-0.05, 0) is 39.2 Å². The summed E-state index contributed by atoms with van der Waals surface area (Å²) in [6, 6.07) is 0.494. The van der Waals surface area contributed by atoms with Crippen LogP contribution in [0.25, 0.3) is 0 Å². The fourth-order valence-corrected chi connectivity index (χ4v) is 1.79. The van der Waals surface area contributed by atoms with Crippen LogP contribution < -0.4 is 5.73 Å². The van der Waals surface area contributed by atoms with Crippen molar-refractivity contribution in [2.45, 2.75) is 18.9 Å². The molecule has 3 nitrogen and oxygen atoms in total. The van der Waals surface area contributed by atoms with Crippen LogP contribution in [-0.4, -0.2) is 43.5 Å². The average Bonchev–Trinajstić information content (AvgIpc) is 2.22. The average molecular weight is 213 g/mol. The van der Waals surface area contributed by atoms with Crippen LogP contribution in [0.2, 0.25) is 0 Å². The van der Waals surface area contributed by atoms with Gasteiger partial charge in [0, 0.05) is 17.3 Å². The molecule has 1 aliphatic heterocycles. The Morgan fingerprint density at radius 2 is 2.14 bits per heavy atom. The molecule has 1 saturated heterocycles. The zero-order valence-corrected chi connectivity index (χ0v) is 9.76. The van der Waals surface area contributed by atoms with Gasteiger partial charge in [0.15, 0.2) is 0 Å². The Morgan fingerprint density at radius 1 is 1.50 bits per heavy atom. The van der Waals surface area contributed by atoms with Gasteiger partial charge in [-0.15, -0.1) is 11.8 Å². The second-order valence-corrected chi connectivity index (χ2v) is 4.47. The highest BCUT2D eigenvalue weighted by Gasteiger charge is 2.14. The van der Waals surface area contributed by atoms with Crippen molar-refractivity contribution in [3.05, 3.63) is 11.1 Å². The van der Waals surface area contributed by atoms with Crippen LogP contribution >= 0.6 is 11.8 Å². The Hall–Kier alpha value is -0.480. The molecule has 0 aromatic heterocycles. The highest BCUT2D eigenvalue weighted by atomic mass is 32.2. The molecule has 1 fully saturated rings. The van der Waals surface area contributed by atoms with Gasteiger partial charge in [0.25, 0.3) is 0 Å². The van der Waals surface area contributed by atoms with E-state index in [0.717, 1.165) is 18.0 Å². The number of likely N-dealkylation sites (tertiary alicyclic amines) is 1. The minimum atomic E-state index is 0.494. The van der Waals surface area contributed by atoms with Gasteiger partial charge < -0.3 is 10.6 Å². The number of allylic oxidation sites excluding steroid dienone is 1. The summed E-state index contributed by atoms with van der Waals surface area (Å²) < 4.78 is 0. The van der Waals surface area contributed by atoms with Gasteiger partial charge in [-0.3, -0.25) is 4.99 Å². The molecule has 0 unspecified atom stereocenters. The Kier molecular flexibility index (Phi) is 5.04. The van der Waals surface area contributed by atoms with E-state index in [1.54, 1.807) is 18.0 Å². The van der Waals surface area contributed by atoms with Crippen molar-refractivity contribution in [1.29, 1.82) is 0 Å². The SMILES string of the molecule is CSC(C=NC1CCN(C)CC1)=CN. The standard InChI is InChI=1S/C10H19N3S/c1-13-5-3-9(4-6-13)12-8-10(7-11)14-2/h7-9H,3-6,11H2,1-2H3. The molecule has 0 saturated carbocycles. The predicted octanol–water partition coefficient (Wildman–Crippen LogP) is 1.31. The van der Waals surface area contributed by atoms with Crippen LogP contribution in [0.3, 0.4) is 0 Å². The predicted molar refractivity (Wildman–Crippen MR) is 64.8 cm³/mol. The molecule has 0 aromatic rings. The number of piperidine rings is 1. The molecular weight excluding hydrogens is 194 g/mol. The number of thioether (sulfide) groups is 1. The van der Waals surface area contributed by atoms with Crippen LogP contribution in [0.5, 0.6) is 0 Å². The van der Waals surface area contributed by atoms with Crippen LogP contribution in [0.1, 0.15) is 12.8 Å². The third kappa shape index (κ3) is 3.72. The minimum absolute atomic E-state index is 0.494. The van der Waals surface area contributed by atoms with E-state index in [2.05, 4.69) is 16.9 Å². The molecule has 0 aromatic carbocycles. The second kappa shape index (κ2) is 6.09. The van der Waals surface area contributed by atoms with Crippen LogP contribution in [0.4, 0.5) is 0 Å². The second-order valence-electron chi connectivity index (χ2n) is 3.59. The van der Waals surface area contributed by atoms with E-state index in [9.17, 15) is 0 Å². The van der Waals surface area contributed by atoms with Gasteiger partial charge in [-0.25, -0.2) is 0 Å². The van der Waals surface area contributed by atoms with Crippen molar-refractivity contribution in [3.63, 3.8) is 0 Å². The lowest BCUT2D eigenvalue weighted by Crippen LogP contribution is -2.32. The topological polar surface area (TPSA) is 41.6 Å². The molecule has 0 aliphatic carbocycles. The van der Waals surface area contributed by atoms with E-state index >= 15 is 0 Å². The van der Waals surface area contributed by atoms with E-state index in [-0.39, 0.29) is 0 Å². The van der Waals surface area contributed by atoms with Crippen molar-refractivity contribution >= 4 is 18.0 Å². The first kappa shape index (κ1) is 11.6. The summed E-state index contributed by atoms with van der Waals surface area (Å²) >= 11 is 1.64. The van der Waals surface area contributed by atoms with Crippen molar-refractivity contribution in [1.82, 2.24) is 4.90 Å². The molecule has 0 atom stereocenters. The lowest BCUT2D eigenvalue weighted by molar-refractivity contribution is 0.257. The Morgan fingerprint density at radius 3 is 2.64 bits per heavy atom. The number of aliphatic imine (C=N–C) groups is 1. The fraction of sp³-hybridized carbons (Fsp3) is 0.700. The molecule has 0 radical (unpaired) electrons. The van der Waals surface area contributed by atoms with Crippen LogP contribution in [0.15, 0.2) is 16.1 Å². The third-order valence-electron chi connectivity index (χ3n) is 2.50. The molecule has 0 bridgehead atoms. The summed E-state index contributed by atoms with van der Waals surface area (Å²) in [6.45, 7) is 2.31. The van der Waals surface area contributed by atoms with Crippen molar-refractivity contribution < 1.29 is 0 Å². The maximum absolute atomic E-state index is 5.44. The minimum Gasteiger partial charge on any atom is -0.404 e. The van der Waals surface area contributed by atoms with Crippen molar-refractivity contribution in [2.75, 3.05) is 26.4 Å². The number of rotatable bonds is 3. The number of nitrogens with zero attached hydrogens (tertiary/aromatic N) is 2. The van der Waals surface area contributed by atoms with Crippen molar-refractivity contribution in [3.8, 4) is 0 Å². The van der Waals surface area contributed by atoms with Crippen molar-refractivity contribution in [2.24, 2.45) is 10.7 Å². The Balaban J connectivity index is 2.37. The first-order valence-corrected chi connectivity index (χ1v) is 6.16. The maximum atomic E-state index is 5.44. The molecule has 14 heavy (non-hydrogen) atoms. The summed E-state index contributed by atoms with van der Waals surface area (Å²) in [5, 5.41) is 0. The molecule has 1 aliphatic rings. The number of hydrogen-bond donors (Lipinski definition) is 1.